The molecule has 6 rings (SSSR count). The summed E-state index contributed by atoms with van der Waals surface area (Å²) < 4.78 is 0. The lowest BCUT2D eigenvalue weighted by atomic mass is 9.96. The van der Waals surface area contributed by atoms with E-state index in [9.17, 15) is 0 Å². The molecule has 1 saturated heterocycles. The van der Waals surface area contributed by atoms with Crippen LogP contribution < -0.4 is 5.32 Å². The molecule has 41 heavy (non-hydrogen) atoms. The van der Waals surface area contributed by atoms with Crippen molar-refractivity contribution in [2.45, 2.75) is 12.6 Å². The maximum absolute atomic E-state index is 7.53. The molecule has 0 spiro atoms. The molecule has 1 N–H and O–H groups in total. The molecule has 1 aliphatic heterocycles. The Bertz CT molecular complexity index is 1650. The number of nitrogens with zero attached hydrogens (tertiary/aromatic N) is 5. The number of halogens is 2. The van der Waals surface area contributed by atoms with Crippen LogP contribution in [-0.2, 0) is 6.54 Å². The van der Waals surface area contributed by atoms with Gasteiger partial charge in [-0.15, -0.1) is 0 Å². The van der Waals surface area contributed by atoms with Gasteiger partial charge in [-0.2, -0.15) is 0 Å². The van der Waals surface area contributed by atoms with Crippen molar-refractivity contribution in [2.24, 2.45) is 0 Å². The molecule has 204 valence electrons. The Labute approximate surface area is 250 Å². The molecular weight excluding hydrogens is 551 g/mol. The van der Waals surface area contributed by atoms with Gasteiger partial charge in [0.2, 0.25) is 5.69 Å². The Morgan fingerprint density at radius 1 is 0.756 bits per heavy atom. The quantitative estimate of drug-likeness (QED) is 0.197. The van der Waals surface area contributed by atoms with Gasteiger partial charge in [0, 0.05) is 47.3 Å². The van der Waals surface area contributed by atoms with Crippen LogP contribution in [0.5, 0.6) is 0 Å². The molecule has 0 aliphatic carbocycles. The standard InChI is InChI=1S/C33H28Cl2N6/c1-36-29-8-4-5-9-30(29)38-33-27-6-2-3-7-28(27)37-31(39-33)22-40-18-20-41(21-19-40)32(23-10-14-25(34)15-11-23)24-12-16-26(35)17-13-24/h2-17,32H,18-22H2,(H,37,38,39). The minimum Gasteiger partial charge on any atom is -0.349 e. The third kappa shape index (κ3) is 6.19. The maximum Gasteiger partial charge on any atom is 0.209 e. The molecule has 0 bridgehead atoms. The minimum atomic E-state index is 0.113. The number of hydrogen-bond acceptors (Lipinski definition) is 5. The summed E-state index contributed by atoms with van der Waals surface area (Å²) >= 11 is 12.4. The fourth-order valence-electron chi connectivity index (χ4n) is 5.38. The first-order valence-electron chi connectivity index (χ1n) is 13.5. The monoisotopic (exact) mass is 578 g/mol. The second kappa shape index (κ2) is 12.3. The predicted molar refractivity (Wildman–Crippen MR) is 167 cm³/mol. The summed E-state index contributed by atoms with van der Waals surface area (Å²) in [4.78, 5) is 18.4. The largest absolute Gasteiger partial charge is 0.349 e. The Hall–Kier alpha value is -3.99. The van der Waals surface area contributed by atoms with Gasteiger partial charge < -0.3 is 5.32 Å². The van der Waals surface area contributed by atoms with Crippen molar-refractivity contribution in [3.05, 3.63) is 135 Å². The molecule has 6 nitrogen and oxygen atoms in total. The van der Waals surface area contributed by atoms with Gasteiger partial charge in [0.15, 0.2) is 0 Å². The van der Waals surface area contributed by atoms with E-state index in [0.29, 0.717) is 18.1 Å². The first kappa shape index (κ1) is 27.2. The summed E-state index contributed by atoms with van der Waals surface area (Å²) in [5, 5.41) is 5.79. The Kier molecular flexibility index (Phi) is 8.13. The summed E-state index contributed by atoms with van der Waals surface area (Å²) in [6, 6.07) is 31.8. The SMILES string of the molecule is [C-]#[N+]c1ccccc1Nc1nc(CN2CCN(C(c3ccc(Cl)cc3)c3ccc(Cl)cc3)CC2)nc2ccccc12. The van der Waals surface area contributed by atoms with Gasteiger partial charge in [-0.25, -0.2) is 14.8 Å². The van der Waals surface area contributed by atoms with E-state index >= 15 is 0 Å². The number of para-hydroxylation sites is 3. The second-order valence-corrected chi connectivity index (χ2v) is 11.0. The average Bonchev–Trinajstić information content (AvgIpc) is 3.00. The van der Waals surface area contributed by atoms with Crippen molar-refractivity contribution in [2.75, 3.05) is 31.5 Å². The van der Waals surface area contributed by atoms with Crippen molar-refractivity contribution >= 4 is 51.3 Å². The van der Waals surface area contributed by atoms with Crippen molar-refractivity contribution in [1.29, 1.82) is 0 Å². The van der Waals surface area contributed by atoms with E-state index in [0.717, 1.165) is 58.6 Å². The predicted octanol–water partition coefficient (Wildman–Crippen LogP) is 8.14. The van der Waals surface area contributed by atoms with Crippen LogP contribution >= 0.6 is 23.2 Å². The summed E-state index contributed by atoms with van der Waals surface area (Å²) in [5.74, 6) is 1.47. The topological polar surface area (TPSA) is 48.7 Å². The van der Waals surface area contributed by atoms with Crippen LogP contribution in [0.15, 0.2) is 97.1 Å². The average molecular weight is 580 g/mol. The van der Waals surface area contributed by atoms with E-state index in [1.54, 1.807) is 6.07 Å². The van der Waals surface area contributed by atoms with Gasteiger partial charge in [0.25, 0.3) is 0 Å². The number of aromatic nitrogens is 2. The molecule has 0 unspecified atom stereocenters. The highest BCUT2D eigenvalue weighted by Gasteiger charge is 2.27. The summed E-state index contributed by atoms with van der Waals surface area (Å²) in [6.45, 7) is 11.7. The first-order valence-corrected chi connectivity index (χ1v) is 14.3. The number of hydrogen-bond donors (Lipinski definition) is 1. The number of benzene rings is 4. The Morgan fingerprint density at radius 2 is 1.37 bits per heavy atom. The van der Waals surface area contributed by atoms with E-state index in [4.69, 9.17) is 39.7 Å². The van der Waals surface area contributed by atoms with Gasteiger partial charge in [-0.1, -0.05) is 77.8 Å². The fourth-order valence-corrected chi connectivity index (χ4v) is 5.63. The van der Waals surface area contributed by atoms with E-state index in [1.165, 1.54) is 11.1 Å². The fraction of sp³-hybridized carbons (Fsp3) is 0.182. The summed E-state index contributed by atoms with van der Waals surface area (Å²) in [6.07, 6.45) is 0. The van der Waals surface area contributed by atoms with Crippen LogP contribution in [0.2, 0.25) is 10.0 Å². The molecule has 5 aromatic rings. The Balaban J connectivity index is 1.21. The molecule has 0 amide bonds. The zero-order valence-electron chi connectivity index (χ0n) is 22.3. The zero-order chi connectivity index (χ0) is 28.2. The van der Waals surface area contributed by atoms with Crippen LogP contribution in [0.4, 0.5) is 17.2 Å². The molecule has 1 fully saturated rings. The van der Waals surface area contributed by atoms with E-state index in [2.05, 4.69) is 44.2 Å². The molecule has 8 heteroatoms. The molecule has 1 aromatic heterocycles. The molecule has 2 heterocycles. The molecule has 0 radical (unpaired) electrons. The lowest BCUT2D eigenvalue weighted by molar-refractivity contribution is 0.103. The van der Waals surface area contributed by atoms with Crippen molar-refractivity contribution in [3.63, 3.8) is 0 Å². The van der Waals surface area contributed by atoms with E-state index < -0.39 is 0 Å². The molecule has 4 aromatic carbocycles. The number of anilines is 2. The van der Waals surface area contributed by atoms with Gasteiger partial charge >= 0.3 is 0 Å². The number of piperazine rings is 1. The lowest BCUT2D eigenvalue weighted by Crippen LogP contribution is -2.47. The van der Waals surface area contributed by atoms with Crippen molar-refractivity contribution < 1.29 is 0 Å². The maximum atomic E-state index is 7.53. The van der Waals surface area contributed by atoms with Gasteiger partial charge in [0.1, 0.15) is 11.6 Å². The molecular formula is C33H28Cl2N6. The molecule has 0 atom stereocenters. The number of nitrogens with one attached hydrogen (secondary N) is 1. The first-order chi connectivity index (χ1) is 20.1. The third-order valence-electron chi connectivity index (χ3n) is 7.44. The van der Waals surface area contributed by atoms with Gasteiger partial charge in [-0.05, 0) is 53.6 Å². The smallest absolute Gasteiger partial charge is 0.209 e. The summed E-state index contributed by atoms with van der Waals surface area (Å²) in [5.41, 5.74) is 4.59. The number of fused-ring (bicyclic) bond motifs is 1. The third-order valence-corrected chi connectivity index (χ3v) is 7.94. The molecule has 1 aliphatic rings. The van der Waals surface area contributed by atoms with Crippen LogP contribution in [0, 0.1) is 6.57 Å². The highest BCUT2D eigenvalue weighted by molar-refractivity contribution is 6.30. The van der Waals surface area contributed by atoms with Gasteiger partial charge in [0.05, 0.1) is 24.7 Å². The highest BCUT2D eigenvalue weighted by Crippen LogP contribution is 2.33. The normalized spacial score (nSPS) is 14.3. The van der Waals surface area contributed by atoms with Crippen LogP contribution in [0.3, 0.4) is 0 Å². The summed E-state index contributed by atoms with van der Waals surface area (Å²) in [7, 11) is 0. The lowest BCUT2D eigenvalue weighted by Gasteiger charge is -2.39. The number of rotatable bonds is 7. The van der Waals surface area contributed by atoms with Gasteiger partial charge in [-0.3, -0.25) is 9.80 Å². The Morgan fingerprint density at radius 3 is 2.02 bits per heavy atom. The van der Waals surface area contributed by atoms with Crippen LogP contribution in [0.25, 0.3) is 15.7 Å². The van der Waals surface area contributed by atoms with Crippen LogP contribution in [0.1, 0.15) is 23.0 Å². The highest BCUT2D eigenvalue weighted by atomic mass is 35.5. The van der Waals surface area contributed by atoms with Crippen molar-refractivity contribution in [3.8, 4) is 0 Å². The zero-order valence-corrected chi connectivity index (χ0v) is 23.9. The second-order valence-electron chi connectivity index (χ2n) is 10.1. The molecule has 0 saturated carbocycles. The van der Waals surface area contributed by atoms with Crippen LogP contribution in [-0.4, -0.2) is 45.9 Å². The van der Waals surface area contributed by atoms with E-state index in [-0.39, 0.29) is 6.04 Å². The van der Waals surface area contributed by atoms with E-state index in [1.807, 2.05) is 66.7 Å². The minimum absolute atomic E-state index is 0.113. The van der Waals surface area contributed by atoms with Crippen molar-refractivity contribution in [1.82, 2.24) is 19.8 Å².